The van der Waals surface area contributed by atoms with Gasteiger partial charge in [0.25, 0.3) is 0 Å². The smallest absolute Gasteiger partial charge is 0.317 e. The average Bonchev–Trinajstić information content (AvgIpc) is 2.60. The second-order valence-electron chi connectivity index (χ2n) is 5.89. The Balaban J connectivity index is 1.81. The van der Waals surface area contributed by atoms with E-state index < -0.39 is 11.9 Å². The number of hydrogen-bond acceptors (Lipinski definition) is 4. The number of piperidine rings is 1. The van der Waals surface area contributed by atoms with E-state index in [2.05, 4.69) is 5.32 Å². The van der Waals surface area contributed by atoms with Gasteiger partial charge in [0.05, 0.1) is 19.6 Å². The zero-order valence-corrected chi connectivity index (χ0v) is 14.0. The van der Waals surface area contributed by atoms with Crippen LogP contribution in [0.4, 0.5) is 4.79 Å². The average molecular weight is 336 g/mol. The predicted molar refractivity (Wildman–Crippen MR) is 88.4 cm³/mol. The van der Waals surface area contributed by atoms with E-state index in [0.717, 1.165) is 0 Å². The number of nitrogens with zero attached hydrogens (tertiary/aromatic N) is 1. The summed E-state index contributed by atoms with van der Waals surface area (Å²) in [6.45, 7) is 3.01. The molecule has 0 radical (unpaired) electrons. The van der Waals surface area contributed by atoms with Crippen LogP contribution >= 0.6 is 0 Å². The number of ether oxygens (including phenoxy) is 2. The molecule has 1 fully saturated rings. The summed E-state index contributed by atoms with van der Waals surface area (Å²) in [4.78, 5) is 24.8. The maximum Gasteiger partial charge on any atom is 0.317 e. The van der Waals surface area contributed by atoms with Crippen molar-refractivity contribution in [2.45, 2.75) is 25.9 Å². The molecule has 1 aliphatic rings. The number of carbonyl (C=O) groups excluding carboxylic acids is 1. The first-order valence-electron chi connectivity index (χ1n) is 8.06. The van der Waals surface area contributed by atoms with Crippen molar-refractivity contribution in [1.82, 2.24) is 10.2 Å². The minimum atomic E-state index is -0.847. The van der Waals surface area contributed by atoms with Gasteiger partial charge in [-0.25, -0.2) is 4.79 Å². The molecule has 1 aliphatic heterocycles. The zero-order chi connectivity index (χ0) is 17.5. The van der Waals surface area contributed by atoms with E-state index in [0.29, 0.717) is 37.4 Å². The Bertz CT molecular complexity index is 578. The van der Waals surface area contributed by atoms with Gasteiger partial charge in [-0.1, -0.05) is 12.1 Å². The number of hydrogen-bond donors (Lipinski definition) is 2. The van der Waals surface area contributed by atoms with Crippen molar-refractivity contribution >= 4 is 12.0 Å². The van der Waals surface area contributed by atoms with E-state index in [1.54, 1.807) is 24.1 Å². The second-order valence-corrected chi connectivity index (χ2v) is 5.89. The highest BCUT2D eigenvalue weighted by Crippen LogP contribution is 2.26. The molecule has 1 aromatic rings. The molecular weight excluding hydrogens is 312 g/mol. The fourth-order valence-electron chi connectivity index (χ4n) is 2.68. The lowest BCUT2D eigenvalue weighted by atomic mass is 9.99. The Labute approximate surface area is 141 Å². The number of nitrogens with one attached hydrogen (secondary N) is 1. The number of rotatable bonds is 6. The van der Waals surface area contributed by atoms with E-state index in [4.69, 9.17) is 14.6 Å². The predicted octanol–water partition coefficient (Wildman–Crippen LogP) is 1.97. The van der Waals surface area contributed by atoms with Crippen molar-refractivity contribution < 1.29 is 24.2 Å². The molecule has 1 heterocycles. The van der Waals surface area contributed by atoms with Crippen molar-refractivity contribution in [2.24, 2.45) is 5.92 Å². The number of urea groups is 1. The molecule has 2 rings (SSSR count). The van der Waals surface area contributed by atoms with Gasteiger partial charge in [0, 0.05) is 13.1 Å². The van der Waals surface area contributed by atoms with Gasteiger partial charge in [-0.15, -0.1) is 0 Å². The third-order valence-corrected chi connectivity index (χ3v) is 4.00. The Morgan fingerprint density at radius 2 is 2.08 bits per heavy atom. The van der Waals surface area contributed by atoms with Crippen LogP contribution in [-0.2, 0) is 4.79 Å². The fourth-order valence-corrected chi connectivity index (χ4v) is 2.68. The van der Waals surface area contributed by atoms with Crippen LogP contribution in [0.25, 0.3) is 0 Å². The molecular formula is C17H24N2O5. The van der Waals surface area contributed by atoms with Crippen molar-refractivity contribution in [1.29, 1.82) is 0 Å². The van der Waals surface area contributed by atoms with Crippen LogP contribution in [0.5, 0.6) is 11.5 Å². The number of carboxylic acids is 1. The summed E-state index contributed by atoms with van der Waals surface area (Å²) in [5, 5.41) is 11.9. The van der Waals surface area contributed by atoms with Gasteiger partial charge < -0.3 is 24.8 Å². The van der Waals surface area contributed by atoms with E-state index >= 15 is 0 Å². The van der Waals surface area contributed by atoms with Gasteiger partial charge in [0.1, 0.15) is 6.10 Å². The van der Waals surface area contributed by atoms with Gasteiger partial charge in [-0.05, 0) is 31.9 Å². The first-order chi connectivity index (χ1) is 11.5. The molecule has 0 aliphatic carbocycles. The quantitative estimate of drug-likeness (QED) is 0.829. The van der Waals surface area contributed by atoms with Crippen LogP contribution in [0.15, 0.2) is 24.3 Å². The Morgan fingerprint density at radius 1 is 1.38 bits per heavy atom. The second kappa shape index (κ2) is 8.42. The van der Waals surface area contributed by atoms with Crippen LogP contribution in [0.3, 0.4) is 0 Å². The summed E-state index contributed by atoms with van der Waals surface area (Å²) in [5.41, 5.74) is 0. The summed E-state index contributed by atoms with van der Waals surface area (Å²) < 4.78 is 11.0. The Kier molecular flexibility index (Phi) is 6.28. The number of amides is 2. The largest absolute Gasteiger partial charge is 0.493 e. The molecule has 0 saturated carbocycles. The number of methoxy groups -OCH3 is 1. The molecule has 2 unspecified atom stereocenters. The number of carbonyl (C=O) groups is 2. The summed E-state index contributed by atoms with van der Waals surface area (Å²) in [5.74, 6) is -0.0752. The summed E-state index contributed by atoms with van der Waals surface area (Å²) >= 11 is 0. The Hall–Kier alpha value is -2.44. The molecule has 7 heteroatoms. The molecule has 2 N–H and O–H groups in total. The molecule has 24 heavy (non-hydrogen) atoms. The molecule has 2 atom stereocenters. The van der Waals surface area contributed by atoms with Crippen molar-refractivity contribution in [3.8, 4) is 11.5 Å². The first kappa shape index (κ1) is 17.9. The first-order valence-corrected chi connectivity index (χ1v) is 8.06. The lowest BCUT2D eigenvalue weighted by Gasteiger charge is -2.31. The summed E-state index contributed by atoms with van der Waals surface area (Å²) in [7, 11) is 1.57. The van der Waals surface area contributed by atoms with Crippen LogP contribution in [0, 0.1) is 5.92 Å². The molecule has 1 aromatic carbocycles. The van der Waals surface area contributed by atoms with Crippen molar-refractivity contribution in [3.63, 3.8) is 0 Å². The minimum absolute atomic E-state index is 0.245. The van der Waals surface area contributed by atoms with E-state index in [-0.39, 0.29) is 18.7 Å². The highest BCUT2D eigenvalue weighted by atomic mass is 16.5. The van der Waals surface area contributed by atoms with Gasteiger partial charge in [-0.2, -0.15) is 0 Å². The molecule has 1 saturated heterocycles. The lowest BCUT2D eigenvalue weighted by Crippen LogP contribution is -2.48. The van der Waals surface area contributed by atoms with Crippen molar-refractivity contribution in [2.75, 3.05) is 26.7 Å². The van der Waals surface area contributed by atoms with Crippen molar-refractivity contribution in [3.05, 3.63) is 24.3 Å². The minimum Gasteiger partial charge on any atom is -0.493 e. The van der Waals surface area contributed by atoms with Gasteiger partial charge in [0.2, 0.25) is 0 Å². The number of benzene rings is 1. The standard InChI is InChI=1S/C17H24N2O5/c1-12(24-15-8-4-3-7-14(15)23-2)10-18-17(22)19-9-5-6-13(11-19)16(20)21/h3-4,7-8,12-13H,5-6,9-11H2,1-2H3,(H,18,22)(H,20,21). The third kappa shape index (κ3) is 4.78. The van der Waals surface area contributed by atoms with Gasteiger partial charge >= 0.3 is 12.0 Å². The number of carboxylic acid groups (broad SMARTS) is 1. The Morgan fingerprint density at radius 3 is 2.75 bits per heavy atom. The zero-order valence-electron chi connectivity index (χ0n) is 14.0. The van der Waals surface area contributed by atoms with E-state index in [1.807, 2.05) is 19.1 Å². The number of para-hydroxylation sites is 2. The lowest BCUT2D eigenvalue weighted by molar-refractivity contribution is -0.143. The molecule has 0 aromatic heterocycles. The molecule has 7 nitrogen and oxygen atoms in total. The highest BCUT2D eigenvalue weighted by Gasteiger charge is 2.28. The van der Waals surface area contributed by atoms with E-state index in [9.17, 15) is 9.59 Å². The van der Waals surface area contributed by atoms with Gasteiger partial charge in [-0.3, -0.25) is 4.79 Å². The van der Waals surface area contributed by atoms with Gasteiger partial charge in [0.15, 0.2) is 11.5 Å². The molecule has 132 valence electrons. The van der Waals surface area contributed by atoms with E-state index in [1.165, 1.54) is 0 Å². The maximum absolute atomic E-state index is 12.2. The molecule has 0 spiro atoms. The summed E-state index contributed by atoms with van der Waals surface area (Å²) in [6, 6.07) is 7.06. The van der Waals surface area contributed by atoms with Crippen LogP contribution < -0.4 is 14.8 Å². The fraction of sp³-hybridized carbons (Fsp3) is 0.529. The summed E-state index contributed by atoms with van der Waals surface area (Å²) in [6.07, 6.45) is 1.08. The van der Waals surface area contributed by atoms with Crippen LogP contribution in [0.1, 0.15) is 19.8 Å². The van der Waals surface area contributed by atoms with Crippen LogP contribution in [-0.4, -0.2) is 54.9 Å². The molecule has 0 bridgehead atoms. The monoisotopic (exact) mass is 336 g/mol. The molecule has 2 amide bonds. The SMILES string of the molecule is COc1ccccc1OC(C)CNC(=O)N1CCCC(C(=O)O)C1. The third-order valence-electron chi connectivity index (χ3n) is 4.00. The number of aliphatic carboxylic acids is 1. The number of likely N-dealkylation sites (tertiary alicyclic amines) is 1. The maximum atomic E-state index is 12.2. The van der Waals surface area contributed by atoms with Crippen LogP contribution in [0.2, 0.25) is 0 Å². The topological polar surface area (TPSA) is 88.1 Å². The highest BCUT2D eigenvalue weighted by molar-refractivity contribution is 5.76. The normalized spacial score (nSPS) is 18.6.